The number of nitrogens with one attached hydrogen (secondary N) is 1. The van der Waals surface area contributed by atoms with E-state index in [0.717, 1.165) is 22.2 Å². The number of aryl methyl sites for hydroxylation is 1. The summed E-state index contributed by atoms with van der Waals surface area (Å²) in [5.74, 6) is 1.21. The van der Waals surface area contributed by atoms with Crippen LogP contribution in [0.1, 0.15) is 5.56 Å². The Balaban J connectivity index is 1.62. The van der Waals surface area contributed by atoms with Gasteiger partial charge in [0.1, 0.15) is 11.5 Å². The van der Waals surface area contributed by atoms with E-state index in [0.29, 0.717) is 17.3 Å². The first-order valence-electron chi connectivity index (χ1n) is 7.84. The molecule has 0 aliphatic carbocycles. The molecule has 0 spiro atoms. The molecule has 1 N–H and O–H groups in total. The van der Waals surface area contributed by atoms with E-state index in [1.165, 1.54) is 0 Å². The minimum absolute atomic E-state index is 0.0459. The number of amides is 1. The van der Waals surface area contributed by atoms with Crippen molar-refractivity contribution in [3.8, 4) is 11.5 Å². The second-order valence-corrected chi connectivity index (χ2v) is 6.10. The standard InChI is InChI=1S/C19H19ClN2O3/c1-22-11-13(17-9-16(24-2)7-8-18(17)22)10-21-19(23)12-25-15-5-3-14(20)4-6-15/h3-9,11H,10,12H2,1-2H3,(H,21,23). The number of halogens is 1. The van der Waals surface area contributed by atoms with Crippen LogP contribution >= 0.6 is 11.6 Å². The molecule has 0 saturated carbocycles. The van der Waals surface area contributed by atoms with Crippen LogP contribution in [0.3, 0.4) is 0 Å². The Kier molecular flexibility index (Phi) is 5.14. The van der Waals surface area contributed by atoms with Gasteiger partial charge in [-0.05, 0) is 48.0 Å². The topological polar surface area (TPSA) is 52.5 Å². The molecule has 0 bridgehead atoms. The molecule has 25 heavy (non-hydrogen) atoms. The number of fused-ring (bicyclic) bond motifs is 1. The Morgan fingerprint density at radius 2 is 1.88 bits per heavy atom. The average molecular weight is 359 g/mol. The van der Waals surface area contributed by atoms with Gasteiger partial charge in [-0.1, -0.05) is 11.6 Å². The number of methoxy groups -OCH3 is 1. The Labute approximate surface area is 151 Å². The van der Waals surface area contributed by atoms with Gasteiger partial charge in [0.2, 0.25) is 0 Å². The Hall–Kier alpha value is -2.66. The number of nitrogens with zero attached hydrogens (tertiary/aromatic N) is 1. The minimum atomic E-state index is -0.185. The third-order valence-corrected chi connectivity index (χ3v) is 4.19. The summed E-state index contributed by atoms with van der Waals surface area (Å²) in [6, 6.07) is 12.8. The van der Waals surface area contributed by atoms with Crippen molar-refractivity contribution in [1.82, 2.24) is 9.88 Å². The number of ether oxygens (including phenoxy) is 2. The van der Waals surface area contributed by atoms with E-state index in [9.17, 15) is 4.79 Å². The molecule has 0 aliphatic rings. The van der Waals surface area contributed by atoms with Crippen molar-refractivity contribution >= 4 is 28.4 Å². The number of hydrogen-bond acceptors (Lipinski definition) is 3. The van der Waals surface area contributed by atoms with E-state index in [1.54, 1.807) is 31.4 Å². The maximum absolute atomic E-state index is 12.0. The lowest BCUT2D eigenvalue weighted by Gasteiger charge is -2.07. The first-order chi connectivity index (χ1) is 12.1. The van der Waals surface area contributed by atoms with Crippen LogP contribution in [-0.4, -0.2) is 24.2 Å². The van der Waals surface area contributed by atoms with E-state index >= 15 is 0 Å². The quantitative estimate of drug-likeness (QED) is 0.733. The number of rotatable bonds is 6. The molecule has 5 nitrogen and oxygen atoms in total. The van der Waals surface area contributed by atoms with Crippen molar-refractivity contribution in [2.45, 2.75) is 6.54 Å². The van der Waals surface area contributed by atoms with Crippen molar-refractivity contribution in [2.75, 3.05) is 13.7 Å². The van der Waals surface area contributed by atoms with Gasteiger partial charge in [0.05, 0.1) is 7.11 Å². The molecule has 2 aromatic carbocycles. The third kappa shape index (κ3) is 4.06. The number of aromatic nitrogens is 1. The highest BCUT2D eigenvalue weighted by molar-refractivity contribution is 6.30. The maximum atomic E-state index is 12.0. The zero-order chi connectivity index (χ0) is 17.8. The molecule has 1 aromatic heterocycles. The summed E-state index contributed by atoms with van der Waals surface area (Å²) in [4.78, 5) is 12.0. The molecule has 1 heterocycles. The zero-order valence-corrected chi connectivity index (χ0v) is 14.8. The van der Waals surface area contributed by atoms with Crippen LogP contribution in [0.25, 0.3) is 10.9 Å². The molecule has 0 aliphatic heterocycles. The van der Waals surface area contributed by atoms with Crippen LogP contribution in [0.2, 0.25) is 5.02 Å². The van der Waals surface area contributed by atoms with Gasteiger partial charge in [0.15, 0.2) is 6.61 Å². The summed E-state index contributed by atoms with van der Waals surface area (Å²) < 4.78 is 12.8. The molecule has 0 saturated heterocycles. The summed E-state index contributed by atoms with van der Waals surface area (Å²) in [6.45, 7) is 0.378. The van der Waals surface area contributed by atoms with Gasteiger partial charge in [-0.25, -0.2) is 0 Å². The van der Waals surface area contributed by atoms with Crippen LogP contribution in [0.15, 0.2) is 48.7 Å². The molecule has 0 radical (unpaired) electrons. The van der Waals surface area contributed by atoms with E-state index in [4.69, 9.17) is 21.1 Å². The van der Waals surface area contributed by atoms with Crippen molar-refractivity contribution in [2.24, 2.45) is 7.05 Å². The SMILES string of the molecule is COc1ccc2c(c1)c(CNC(=O)COc1ccc(Cl)cc1)cn2C. The molecule has 6 heteroatoms. The average Bonchev–Trinajstić information content (AvgIpc) is 2.94. The minimum Gasteiger partial charge on any atom is -0.497 e. The summed E-state index contributed by atoms with van der Waals surface area (Å²) in [5.41, 5.74) is 2.11. The molecule has 0 atom stereocenters. The van der Waals surface area contributed by atoms with E-state index in [-0.39, 0.29) is 12.5 Å². The van der Waals surface area contributed by atoms with Crippen molar-refractivity contribution < 1.29 is 14.3 Å². The Morgan fingerprint density at radius 3 is 2.60 bits per heavy atom. The largest absolute Gasteiger partial charge is 0.497 e. The zero-order valence-electron chi connectivity index (χ0n) is 14.1. The van der Waals surface area contributed by atoms with Crippen LogP contribution in [0.4, 0.5) is 0 Å². The molecule has 0 unspecified atom stereocenters. The van der Waals surface area contributed by atoms with Crippen LogP contribution in [0.5, 0.6) is 11.5 Å². The summed E-state index contributed by atoms with van der Waals surface area (Å²) in [6.07, 6.45) is 2.00. The second kappa shape index (κ2) is 7.49. The van der Waals surface area contributed by atoms with Gasteiger partial charge in [0.25, 0.3) is 5.91 Å². The van der Waals surface area contributed by atoms with Gasteiger partial charge >= 0.3 is 0 Å². The fourth-order valence-corrected chi connectivity index (χ4v) is 2.77. The highest BCUT2D eigenvalue weighted by atomic mass is 35.5. The monoisotopic (exact) mass is 358 g/mol. The molecular weight excluding hydrogens is 340 g/mol. The molecule has 0 fully saturated rings. The predicted octanol–water partition coefficient (Wildman–Crippen LogP) is 3.54. The Morgan fingerprint density at radius 1 is 1.16 bits per heavy atom. The van der Waals surface area contributed by atoms with Crippen molar-refractivity contribution in [3.05, 3.63) is 59.2 Å². The lowest BCUT2D eigenvalue weighted by atomic mass is 10.1. The normalized spacial score (nSPS) is 10.7. The molecular formula is C19H19ClN2O3. The van der Waals surface area contributed by atoms with Gasteiger partial charge in [-0.15, -0.1) is 0 Å². The smallest absolute Gasteiger partial charge is 0.258 e. The first kappa shape index (κ1) is 17.2. The van der Waals surface area contributed by atoms with Crippen LogP contribution in [0, 0.1) is 0 Å². The van der Waals surface area contributed by atoms with Crippen LogP contribution in [-0.2, 0) is 18.4 Å². The maximum Gasteiger partial charge on any atom is 0.258 e. The highest BCUT2D eigenvalue weighted by Gasteiger charge is 2.10. The fourth-order valence-electron chi connectivity index (χ4n) is 2.65. The fraction of sp³-hybridized carbons (Fsp3) is 0.211. The number of carbonyl (C=O) groups is 1. The van der Waals surface area contributed by atoms with Gasteiger partial charge in [-0.2, -0.15) is 0 Å². The third-order valence-electron chi connectivity index (χ3n) is 3.94. The summed E-state index contributed by atoms with van der Waals surface area (Å²) >= 11 is 5.82. The number of benzene rings is 2. The molecule has 3 rings (SSSR count). The lowest BCUT2D eigenvalue weighted by molar-refractivity contribution is -0.123. The first-order valence-corrected chi connectivity index (χ1v) is 8.21. The predicted molar refractivity (Wildman–Crippen MR) is 98.3 cm³/mol. The number of carbonyl (C=O) groups excluding carboxylic acids is 1. The highest BCUT2D eigenvalue weighted by Crippen LogP contribution is 2.25. The van der Waals surface area contributed by atoms with E-state index in [1.807, 2.05) is 36.0 Å². The van der Waals surface area contributed by atoms with Crippen molar-refractivity contribution in [3.63, 3.8) is 0 Å². The van der Waals surface area contributed by atoms with Gasteiger partial charge < -0.3 is 19.4 Å². The Bertz CT molecular complexity index is 888. The number of hydrogen-bond donors (Lipinski definition) is 1. The van der Waals surface area contributed by atoms with Crippen LogP contribution < -0.4 is 14.8 Å². The van der Waals surface area contributed by atoms with Gasteiger partial charge in [-0.3, -0.25) is 4.79 Å². The lowest BCUT2D eigenvalue weighted by Crippen LogP contribution is -2.28. The molecule has 3 aromatic rings. The summed E-state index contributed by atoms with van der Waals surface area (Å²) in [7, 11) is 3.61. The summed E-state index contributed by atoms with van der Waals surface area (Å²) in [5, 5.41) is 4.56. The van der Waals surface area contributed by atoms with E-state index in [2.05, 4.69) is 5.32 Å². The van der Waals surface area contributed by atoms with E-state index < -0.39 is 0 Å². The molecule has 130 valence electrons. The van der Waals surface area contributed by atoms with Crippen molar-refractivity contribution in [1.29, 1.82) is 0 Å². The van der Waals surface area contributed by atoms with Gasteiger partial charge in [0, 0.05) is 35.7 Å². The second-order valence-electron chi connectivity index (χ2n) is 5.67. The molecule has 1 amide bonds.